The summed E-state index contributed by atoms with van der Waals surface area (Å²) in [6, 6.07) is 16.8. The predicted molar refractivity (Wildman–Crippen MR) is 105 cm³/mol. The number of aldehydes is 1. The molecule has 0 heterocycles. The van der Waals surface area contributed by atoms with Crippen LogP contribution >= 0.6 is 0 Å². The van der Waals surface area contributed by atoms with E-state index in [2.05, 4.69) is 0 Å². The zero-order valence-corrected chi connectivity index (χ0v) is 15.8. The van der Waals surface area contributed by atoms with Gasteiger partial charge in [0.15, 0.2) is 11.5 Å². The van der Waals surface area contributed by atoms with Gasteiger partial charge in [0.2, 0.25) is 0 Å². The fourth-order valence-electron chi connectivity index (χ4n) is 2.31. The molecular weight excluding hydrogens is 362 g/mol. The molecule has 0 radical (unpaired) electrons. The fraction of sp³-hybridized carbons (Fsp3) is 0.174. The molecule has 0 aromatic heterocycles. The lowest BCUT2D eigenvalue weighted by Gasteiger charge is -2.13. The van der Waals surface area contributed by atoms with Gasteiger partial charge in [0, 0.05) is 5.56 Å². The predicted octanol–water partition coefficient (Wildman–Crippen LogP) is 5.96. The third-order valence-corrected chi connectivity index (χ3v) is 3.72. The zero-order valence-electron chi connectivity index (χ0n) is 15.8. The van der Waals surface area contributed by atoms with Crippen LogP contribution in [0.15, 0.2) is 66.7 Å². The van der Waals surface area contributed by atoms with Crippen molar-refractivity contribution in [2.75, 3.05) is 0 Å². The first-order chi connectivity index (χ1) is 13.6. The first kappa shape index (κ1) is 21.1. The average molecular weight is 384 g/mol. The van der Waals surface area contributed by atoms with Crippen LogP contribution in [0.2, 0.25) is 0 Å². The lowest BCUT2D eigenvalue weighted by Crippen LogP contribution is -2.01. The van der Waals surface area contributed by atoms with Crippen molar-refractivity contribution in [3.8, 4) is 11.5 Å². The standard InChI is InChI=1S/C21H16F2O3.C2H6/c22-18-6-1-15(2-7-18)13-25-20-10-5-17(12-24)11-21(20)26-14-16-3-8-19(23)9-4-16;1-2/h1-12H,13-14H2;1-2H3. The van der Waals surface area contributed by atoms with Crippen LogP contribution < -0.4 is 9.47 Å². The highest BCUT2D eigenvalue weighted by atomic mass is 19.1. The number of hydrogen-bond donors (Lipinski definition) is 0. The Hall–Kier alpha value is -3.21. The summed E-state index contributed by atoms with van der Waals surface area (Å²) >= 11 is 0. The van der Waals surface area contributed by atoms with Gasteiger partial charge in [-0.1, -0.05) is 38.1 Å². The van der Waals surface area contributed by atoms with Crippen molar-refractivity contribution in [2.45, 2.75) is 27.1 Å². The molecule has 5 heteroatoms. The lowest BCUT2D eigenvalue weighted by atomic mass is 10.2. The van der Waals surface area contributed by atoms with Crippen LogP contribution in [0.1, 0.15) is 35.3 Å². The van der Waals surface area contributed by atoms with Crippen molar-refractivity contribution in [2.24, 2.45) is 0 Å². The third-order valence-electron chi connectivity index (χ3n) is 3.72. The number of hydrogen-bond acceptors (Lipinski definition) is 3. The fourth-order valence-corrected chi connectivity index (χ4v) is 2.31. The highest BCUT2D eigenvalue weighted by molar-refractivity contribution is 5.76. The van der Waals surface area contributed by atoms with Gasteiger partial charge in [0.05, 0.1) is 0 Å². The number of ether oxygens (including phenoxy) is 2. The Morgan fingerprint density at radius 3 is 1.64 bits per heavy atom. The van der Waals surface area contributed by atoms with Gasteiger partial charge in [-0.2, -0.15) is 0 Å². The molecule has 0 aliphatic carbocycles. The number of carbonyl (C=O) groups excluding carboxylic acids is 1. The van der Waals surface area contributed by atoms with Gasteiger partial charge in [0.25, 0.3) is 0 Å². The van der Waals surface area contributed by atoms with E-state index in [0.717, 1.165) is 11.1 Å². The van der Waals surface area contributed by atoms with Crippen molar-refractivity contribution in [3.05, 3.63) is 95.1 Å². The first-order valence-corrected chi connectivity index (χ1v) is 8.98. The molecule has 0 saturated carbocycles. The van der Waals surface area contributed by atoms with E-state index in [1.54, 1.807) is 42.5 Å². The summed E-state index contributed by atoms with van der Waals surface area (Å²) in [5, 5.41) is 0. The summed E-state index contributed by atoms with van der Waals surface area (Å²) in [6.07, 6.45) is 0.717. The molecule has 0 aliphatic heterocycles. The maximum absolute atomic E-state index is 13.0. The maximum Gasteiger partial charge on any atom is 0.162 e. The molecule has 0 atom stereocenters. The van der Waals surface area contributed by atoms with Crippen molar-refractivity contribution in [1.82, 2.24) is 0 Å². The highest BCUT2D eigenvalue weighted by Crippen LogP contribution is 2.29. The van der Waals surface area contributed by atoms with Gasteiger partial charge >= 0.3 is 0 Å². The second-order valence-corrected chi connectivity index (χ2v) is 5.65. The molecule has 28 heavy (non-hydrogen) atoms. The van der Waals surface area contributed by atoms with E-state index in [-0.39, 0.29) is 24.8 Å². The monoisotopic (exact) mass is 384 g/mol. The van der Waals surface area contributed by atoms with Crippen molar-refractivity contribution >= 4 is 6.29 Å². The molecule has 0 aliphatic rings. The van der Waals surface area contributed by atoms with E-state index in [1.807, 2.05) is 13.8 Å². The molecule has 0 saturated heterocycles. The van der Waals surface area contributed by atoms with Gasteiger partial charge in [-0.25, -0.2) is 8.78 Å². The minimum Gasteiger partial charge on any atom is -0.485 e. The topological polar surface area (TPSA) is 35.5 Å². The lowest BCUT2D eigenvalue weighted by molar-refractivity contribution is 0.112. The van der Waals surface area contributed by atoms with Crippen molar-refractivity contribution in [3.63, 3.8) is 0 Å². The summed E-state index contributed by atoms with van der Waals surface area (Å²) in [5.74, 6) is 0.232. The van der Waals surface area contributed by atoms with Crippen LogP contribution in [0.4, 0.5) is 8.78 Å². The molecule has 3 aromatic carbocycles. The van der Waals surface area contributed by atoms with E-state index in [0.29, 0.717) is 23.3 Å². The SMILES string of the molecule is CC.O=Cc1ccc(OCc2ccc(F)cc2)c(OCc2ccc(F)cc2)c1. The highest BCUT2D eigenvalue weighted by Gasteiger charge is 2.08. The number of halogens is 2. The normalized spacial score (nSPS) is 9.86. The van der Waals surface area contributed by atoms with E-state index in [1.165, 1.54) is 24.3 Å². The van der Waals surface area contributed by atoms with Gasteiger partial charge in [-0.3, -0.25) is 4.79 Å². The van der Waals surface area contributed by atoms with Crippen LogP contribution in [0, 0.1) is 11.6 Å². The van der Waals surface area contributed by atoms with E-state index >= 15 is 0 Å². The van der Waals surface area contributed by atoms with Crippen LogP contribution in [0.5, 0.6) is 11.5 Å². The largest absolute Gasteiger partial charge is 0.485 e. The van der Waals surface area contributed by atoms with Crippen LogP contribution in [-0.4, -0.2) is 6.29 Å². The summed E-state index contributed by atoms with van der Waals surface area (Å²) < 4.78 is 37.4. The summed E-state index contributed by atoms with van der Waals surface area (Å²) in [7, 11) is 0. The molecule has 146 valence electrons. The molecule has 0 fully saturated rings. The van der Waals surface area contributed by atoms with E-state index in [9.17, 15) is 13.6 Å². The van der Waals surface area contributed by atoms with Crippen molar-refractivity contribution < 1.29 is 23.0 Å². The number of carbonyl (C=O) groups is 1. The van der Waals surface area contributed by atoms with Gasteiger partial charge < -0.3 is 9.47 Å². The molecule has 3 nitrogen and oxygen atoms in total. The Labute approximate surface area is 163 Å². The molecule has 0 N–H and O–H groups in total. The number of rotatable bonds is 7. The second-order valence-electron chi connectivity index (χ2n) is 5.65. The minimum absolute atomic E-state index is 0.204. The first-order valence-electron chi connectivity index (χ1n) is 8.98. The van der Waals surface area contributed by atoms with Gasteiger partial charge in [-0.05, 0) is 53.6 Å². The summed E-state index contributed by atoms with van der Waals surface area (Å²) in [5.41, 5.74) is 2.04. The molecule has 0 amide bonds. The minimum atomic E-state index is -0.319. The van der Waals surface area contributed by atoms with E-state index in [4.69, 9.17) is 9.47 Å². The smallest absolute Gasteiger partial charge is 0.162 e. The Balaban J connectivity index is 0.00000136. The van der Waals surface area contributed by atoms with Gasteiger partial charge in [-0.15, -0.1) is 0 Å². The Morgan fingerprint density at radius 1 is 0.714 bits per heavy atom. The molecular formula is C23H22F2O3. The molecule has 0 bridgehead atoms. The molecule has 3 rings (SSSR count). The molecule has 3 aromatic rings. The van der Waals surface area contributed by atoms with Crippen LogP contribution in [0.25, 0.3) is 0 Å². The van der Waals surface area contributed by atoms with E-state index < -0.39 is 0 Å². The Kier molecular flexibility index (Phi) is 8.15. The average Bonchev–Trinajstić information content (AvgIpc) is 2.74. The number of benzene rings is 3. The third kappa shape index (κ3) is 6.20. The molecule has 0 spiro atoms. The maximum atomic E-state index is 13.0. The Morgan fingerprint density at radius 2 is 1.18 bits per heavy atom. The second kappa shape index (κ2) is 10.8. The summed E-state index contributed by atoms with van der Waals surface area (Å²) in [4.78, 5) is 11.0. The Bertz CT molecular complexity index is 875. The van der Waals surface area contributed by atoms with Crippen LogP contribution in [0.3, 0.4) is 0 Å². The van der Waals surface area contributed by atoms with Gasteiger partial charge in [0.1, 0.15) is 31.1 Å². The summed E-state index contributed by atoms with van der Waals surface area (Å²) in [6.45, 7) is 4.43. The van der Waals surface area contributed by atoms with Crippen molar-refractivity contribution in [1.29, 1.82) is 0 Å². The van der Waals surface area contributed by atoms with Crippen LogP contribution in [-0.2, 0) is 13.2 Å². The quantitative estimate of drug-likeness (QED) is 0.471. The zero-order chi connectivity index (χ0) is 20.4. The molecule has 0 unspecified atom stereocenters.